The number of hydrogen-bond acceptors (Lipinski definition) is 5. The first kappa shape index (κ1) is 21.5. The van der Waals surface area contributed by atoms with E-state index < -0.39 is 0 Å². The molecule has 0 amide bonds. The smallest absolute Gasteiger partial charge is 0.308 e. The molecular weight excluding hydrogens is 456 g/mol. The molecule has 2 heterocycles. The van der Waals surface area contributed by atoms with Crippen molar-refractivity contribution in [3.05, 3.63) is 126 Å². The fourth-order valence-electron chi connectivity index (χ4n) is 4.91. The molecule has 0 fully saturated rings. The van der Waals surface area contributed by atoms with Crippen LogP contribution in [0.15, 0.2) is 94.2 Å². The summed E-state index contributed by atoms with van der Waals surface area (Å²) >= 11 is 1.41. The highest BCUT2D eigenvalue weighted by molar-refractivity contribution is 7.07. The first-order valence-corrected chi connectivity index (χ1v) is 12.4. The van der Waals surface area contributed by atoms with Crippen LogP contribution in [-0.2, 0) is 11.2 Å². The zero-order valence-corrected chi connectivity index (χ0v) is 19.9. The summed E-state index contributed by atoms with van der Waals surface area (Å²) in [4.78, 5) is 30.7. The van der Waals surface area contributed by atoms with E-state index >= 15 is 0 Å². The summed E-state index contributed by atoms with van der Waals surface area (Å²) in [6, 6.07) is 25.6. The maximum atomic E-state index is 13.7. The van der Waals surface area contributed by atoms with Gasteiger partial charge in [0, 0.05) is 12.5 Å². The number of ether oxygens (including phenoxy) is 1. The van der Waals surface area contributed by atoms with Crippen molar-refractivity contribution in [2.75, 3.05) is 0 Å². The molecule has 0 saturated heterocycles. The third-order valence-corrected chi connectivity index (χ3v) is 7.41. The van der Waals surface area contributed by atoms with Crippen LogP contribution in [0.3, 0.4) is 0 Å². The number of hydrogen-bond donors (Lipinski definition) is 0. The second kappa shape index (κ2) is 8.64. The number of nitrogens with zero attached hydrogens (tertiary/aromatic N) is 2. The van der Waals surface area contributed by atoms with Crippen LogP contribution >= 0.6 is 11.3 Å². The topological polar surface area (TPSA) is 60.7 Å². The summed E-state index contributed by atoms with van der Waals surface area (Å²) in [7, 11) is 0. The molecule has 35 heavy (non-hydrogen) atoms. The quantitative estimate of drug-likeness (QED) is 0.327. The Morgan fingerprint density at radius 2 is 1.74 bits per heavy atom. The van der Waals surface area contributed by atoms with Crippen LogP contribution in [0.25, 0.3) is 11.8 Å². The highest BCUT2D eigenvalue weighted by atomic mass is 32.1. The summed E-state index contributed by atoms with van der Waals surface area (Å²) in [6.07, 6.45) is 3.68. The SMILES string of the molecule is CC(=O)Oc1ccc(/C=c2\sc3n(c2=O)[C@@H](c2ccccc2)C2=C(N=3)c3ccccc3CC2)cc1. The van der Waals surface area contributed by atoms with Crippen LogP contribution in [0, 0.1) is 0 Å². The summed E-state index contributed by atoms with van der Waals surface area (Å²) < 4.78 is 7.60. The predicted molar refractivity (Wildman–Crippen MR) is 137 cm³/mol. The number of benzene rings is 3. The third-order valence-electron chi connectivity index (χ3n) is 6.43. The molecule has 1 aromatic heterocycles. The number of fused-ring (bicyclic) bond motifs is 3. The van der Waals surface area contributed by atoms with E-state index in [1.807, 2.05) is 41.0 Å². The second-order valence-corrected chi connectivity index (χ2v) is 9.70. The van der Waals surface area contributed by atoms with Gasteiger partial charge < -0.3 is 4.74 Å². The van der Waals surface area contributed by atoms with Crippen LogP contribution in [0.2, 0.25) is 0 Å². The van der Waals surface area contributed by atoms with Gasteiger partial charge in [0.2, 0.25) is 0 Å². The van der Waals surface area contributed by atoms with Gasteiger partial charge in [0.05, 0.1) is 16.3 Å². The highest BCUT2D eigenvalue weighted by Gasteiger charge is 2.32. The summed E-state index contributed by atoms with van der Waals surface area (Å²) in [5.41, 5.74) is 6.56. The molecule has 0 bridgehead atoms. The number of rotatable bonds is 3. The van der Waals surface area contributed by atoms with E-state index in [2.05, 4.69) is 36.4 Å². The lowest BCUT2D eigenvalue weighted by Crippen LogP contribution is -2.38. The first-order chi connectivity index (χ1) is 17.1. The average Bonchev–Trinajstić information content (AvgIpc) is 3.18. The number of thiazole rings is 1. The van der Waals surface area contributed by atoms with Crippen molar-refractivity contribution < 1.29 is 9.53 Å². The number of esters is 1. The van der Waals surface area contributed by atoms with Gasteiger partial charge in [-0.2, -0.15) is 0 Å². The second-order valence-electron chi connectivity index (χ2n) is 8.69. The van der Waals surface area contributed by atoms with Crippen molar-refractivity contribution in [3.63, 3.8) is 0 Å². The average molecular weight is 479 g/mol. The van der Waals surface area contributed by atoms with Gasteiger partial charge in [0.1, 0.15) is 5.75 Å². The Bertz CT molecular complexity index is 1660. The summed E-state index contributed by atoms with van der Waals surface area (Å²) in [6.45, 7) is 1.37. The van der Waals surface area contributed by atoms with Gasteiger partial charge >= 0.3 is 5.97 Å². The molecule has 2 aliphatic rings. The molecule has 0 unspecified atom stereocenters. The molecule has 6 heteroatoms. The van der Waals surface area contributed by atoms with Crippen LogP contribution in [-0.4, -0.2) is 10.5 Å². The molecule has 172 valence electrons. The number of carbonyl (C=O) groups is 1. The van der Waals surface area contributed by atoms with Gasteiger partial charge in [-0.3, -0.25) is 14.2 Å². The van der Waals surface area contributed by atoms with Gasteiger partial charge in [-0.25, -0.2) is 4.99 Å². The lowest BCUT2D eigenvalue weighted by atomic mass is 9.83. The molecule has 5 nitrogen and oxygen atoms in total. The number of allylic oxidation sites excluding steroid dienone is 1. The molecule has 0 radical (unpaired) electrons. The van der Waals surface area contributed by atoms with E-state index in [1.165, 1.54) is 29.4 Å². The third kappa shape index (κ3) is 3.86. The van der Waals surface area contributed by atoms with Crippen LogP contribution in [0.1, 0.15) is 41.6 Å². The monoisotopic (exact) mass is 478 g/mol. The molecule has 6 rings (SSSR count). The zero-order valence-electron chi connectivity index (χ0n) is 19.1. The molecule has 0 N–H and O–H groups in total. The van der Waals surface area contributed by atoms with E-state index in [9.17, 15) is 9.59 Å². The van der Waals surface area contributed by atoms with Crippen LogP contribution in [0.4, 0.5) is 0 Å². The number of aryl methyl sites for hydroxylation is 1. The maximum Gasteiger partial charge on any atom is 0.308 e. The van der Waals surface area contributed by atoms with Gasteiger partial charge in [-0.1, -0.05) is 78.1 Å². The van der Waals surface area contributed by atoms with Crippen molar-refractivity contribution in [3.8, 4) is 5.75 Å². The molecule has 1 aliphatic heterocycles. The Hall–Kier alpha value is -4.03. The predicted octanol–water partition coefficient (Wildman–Crippen LogP) is 4.24. The van der Waals surface area contributed by atoms with E-state index in [0.29, 0.717) is 15.1 Å². The minimum Gasteiger partial charge on any atom is -0.427 e. The standard InChI is InChI=1S/C29H22N2O3S/c1-18(32)34-22-14-11-19(12-15-22)17-25-28(33)31-27(21-8-3-2-4-9-21)24-16-13-20-7-5-6-10-23(20)26(24)30-29(31)35-25/h2-12,14-15,17,27H,13,16H2,1H3/b25-17-/t27-/m0/s1. The largest absolute Gasteiger partial charge is 0.427 e. The summed E-state index contributed by atoms with van der Waals surface area (Å²) in [5, 5.41) is 0. The Morgan fingerprint density at radius 1 is 1.00 bits per heavy atom. The zero-order chi connectivity index (χ0) is 23.9. The fraction of sp³-hybridized carbons (Fsp3) is 0.138. The van der Waals surface area contributed by atoms with Crippen molar-refractivity contribution in [1.29, 1.82) is 0 Å². The van der Waals surface area contributed by atoms with Crippen LogP contribution in [0.5, 0.6) is 5.75 Å². The molecule has 1 aliphatic carbocycles. The Kier molecular flexibility index (Phi) is 5.30. The van der Waals surface area contributed by atoms with Gasteiger partial charge in [0.25, 0.3) is 5.56 Å². The minimum atomic E-state index is -0.363. The van der Waals surface area contributed by atoms with Crippen molar-refractivity contribution >= 4 is 29.1 Å². The molecule has 1 atom stereocenters. The maximum absolute atomic E-state index is 13.7. The Labute approximate surface area is 206 Å². The molecule has 0 spiro atoms. The van der Waals surface area contributed by atoms with E-state index in [1.54, 1.807) is 12.1 Å². The molecular formula is C29H22N2O3S. The van der Waals surface area contributed by atoms with E-state index in [4.69, 9.17) is 9.73 Å². The molecule has 3 aromatic carbocycles. The number of aromatic nitrogens is 1. The van der Waals surface area contributed by atoms with Crippen LogP contribution < -0.4 is 19.6 Å². The molecule has 4 aromatic rings. The van der Waals surface area contributed by atoms with Crippen molar-refractivity contribution in [2.24, 2.45) is 4.99 Å². The molecule has 0 saturated carbocycles. The van der Waals surface area contributed by atoms with Crippen molar-refractivity contribution in [2.45, 2.75) is 25.8 Å². The summed E-state index contributed by atoms with van der Waals surface area (Å²) in [5.74, 6) is 0.115. The van der Waals surface area contributed by atoms with E-state index in [0.717, 1.165) is 35.2 Å². The normalized spacial score (nSPS) is 16.7. The highest BCUT2D eigenvalue weighted by Crippen LogP contribution is 2.41. The van der Waals surface area contributed by atoms with Gasteiger partial charge in [-0.15, -0.1) is 0 Å². The lowest BCUT2D eigenvalue weighted by molar-refractivity contribution is -0.131. The Morgan fingerprint density at radius 3 is 2.51 bits per heavy atom. The Balaban J connectivity index is 1.53. The van der Waals surface area contributed by atoms with Crippen molar-refractivity contribution in [1.82, 2.24) is 4.57 Å². The lowest BCUT2D eigenvalue weighted by Gasteiger charge is -2.30. The van der Waals surface area contributed by atoms with E-state index in [-0.39, 0.29) is 17.6 Å². The minimum absolute atomic E-state index is 0.0444. The van der Waals surface area contributed by atoms with Gasteiger partial charge in [0.15, 0.2) is 4.80 Å². The number of carbonyl (C=O) groups excluding carboxylic acids is 1. The van der Waals surface area contributed by atoms with Gasteiger partial charge in [-0.05, 0) is 53.3 Å². The first-order valence-electron chi connectivity index (χ1n) is 11.5. The fourth-order valence-corrected chi connectivity index (χ4v) is 5.91.